The van der Waals surface area contributed by atoms with Crippen LogP contribution < -0.4 is 5.32 Å². The molecule has 0 spiro atoms. The molecule has 0 bridgehead atoms. The topological polar surface area (TPSA) is 84.4 Å². The van der Waals surface area contributed by atoms with E-state index in [0.717, 1.165) is 25.9 Å². The third-order valence-corrected chi connectivity index (χ3v) is 4.50. The minimum absolute atomic E-state index is 0.0800. The van der Waals surface area contributed by atoms with Gasteiger partial charge in [0.1, 0.15) is 11.5 Å². The van der Waals surface area contributed by atoms with E-state index in [1.807, 2.05) is 11.0 Å². The van der Waals surface area contributed by atoms with Crippen molar-refractivity contribution in [3.05, 3.63) is 47.9 Å². The van der Waals surface area contributed by atoms with E-state index in [4.69, 9.17) is 4.74 Å². The largest absolute Gasteiger partial charge is 0.465 e. The smallest absolute Gasteiger partial charge is 0.337 e. The molecular weight excluding hydrogens is 332 g/mol. The second-order valence-corrected chi connectivity index (χ2v) is 6.46. The number of hydrogen-bond acceptors (Lipinski definition) is 6. The Bertz CT molecular complexity index is 784. The first-order valence-electron chi connectivity index (χ1n) is 8.63. The highest BCUT2D eigenvalue weighted by atomic mass is 16.5. The highest BCUT2D eigenvalue weighted by Crippen LogP contribution is 2.19. The molecular formula is C19H22N4O3. The molecule has 0 aliphatic carbocycles. The van der Waals surface area contributed by atoms with Crippen molar-refractivity contribution in [1.29, 1.82) is 0 Å². The number of likely N-dealkylation sites (tertiary alicyclic amines) is 1. The number of carbonyl (C=O) groups is 2. The fourth-order valence-electron chi connectivity index (χ4n) is 2.87. The number of methoxy groups -OCH3 is 1. The lowest BCUT2D eigenvalue weighted by Crippen LogP contribution is -2.38. The first-order chi connectivity index (χ1) is 12.6. The number of carbonyl (C=O) groups excluding carboxylic acids is 2. The summed E-state index contributed by atoms with van der Waals surface area (Å²) in [6, 6.07) is 6.89. The molecule has 1 amide bonds. The van der Waals surface area contributed by atoms with Gasteiger partial charge in [0.15, 0.2) is 0 Å². The number of rotatable bonds is 4. The van der Waals surface area contributed by atoms with Gasteiger partial charge in [-0.05, 0) is 37.0 Å². The maximum absolute atomic E-state index is 12.5. The van der Waals surface area contributed by atoms with Crippen molar-refractivity contribution in [3.8, 4) is 0 Å². The molecule has 136 valence electrons. The third-order valence-electron chi connectivity index (χ3n) is 4.50. The highest BCUT2D eigenvalue weighted by molar-refractivity contribution is 5.92. The molecule has 1 aromatic carbocycles. The van der Waals surface area contributed by atoms with Crippen LogP contribution in [0.5, 0.6) is 0 Å². The Morgan fingerprint density at radius 2 is 1.96 bits per heavy atom. The predicted molar refractivity (Wildman–Crippen MR) is 97.4 cm³/mol. The van der Waals surface area contributed by atoms with Crippen LogP contribution in [0.25, 0.3) is 0 Å². The Labute approximate surface area is 152 Å². The monoisotopic (exact) mass is 354 g/mol. The number of piperidine rings is 1. The summed E-state index contributed by atoms with van der Waals surface area (Å²) in [6.45, 7) is 3.74. The van der Waals surface area contributed by atoms with Crippen LogP contribution in [0.3, 0.4) is 0 Å². The van der Waals surface area contributed by atoms with E-state index in [0.29, 0.717) is 28.7 Å². The molecule has 0 saturated carbocycles. The first kappa shape index (κ1) is 17.8. The number of nitrogens with zero attached hydrogens (tertiary/aromatic N) is 3. The van der Waals surface area contributed by atoms with Crippen molar-refractivity contribution in [2.45, 2.75) is 19.8 Å². The summed E-state index contributed by atoms with van der Waals surface area (Å²) in [5, 5.41) is 3.07. The minimum atomic E-state index is -0.406. The molecule has 1 N–H and O–H groups in total. The molecule has 1 aliphatic rings. The van der Waals surface area contributed by atoms with Crippen molar-refractivity contribution in [3.63, 3.8) is 0 Å². The fraction of sp³-hybridized carbons (Fsp3) is 0.368. The summed E-state index contributed by atoms with van der Waals surface area (Å²) in [5.74, 6) is 0.675. The lowest BCUT2D eigenvalue weighted by atomic mass is 9.99. The Kier molecular flexibility index (Phi) is 5.46. The van der Waals surface area contributed by atoms with Crippen LogP contribution in [-0.2, 0) is 4.74 Å². The first-order valence-corrected chi connectivity index (χ1v) is 8.63. The fourth-order valence-corrected chi connectivity index (χ4v) is 2.87. The number of ether oxygens (including phenoxy) is 1. The number of benzene rings is 1. The van der Waals surface area contributed by atoms with Crippen LogP contribution in [0, 0.1) is 5.92 Å². The van der Waals surface area contributed by atoms with Gasteiger partial charge in [-0.15, -0.1) is 0 Å². The lowest BCUT2D eigenvalue weighted by Gasteiger charge is -2.29. The standard InChI is InChI=1S/C19H22N4O3/c1-13-6-8-23(9-7-13)18(24)16-11-21-17(12-20-16)22-15-5-3-4-14(10-15)19(25)26-2/h3-5,10-13H,6-9H2,1-2H3,(H,21,22). The van der Waals surface area contributed by atoms with Crippen LogP contribution in [0.15, 0.2) is 36.7 Å². The van der Waals surface area contributed by atoms with E-state index < -0.39 is 5.97 Å². The number of amides is 1. The van der Waals surface area contributed by atoms with Gasteiger partial charge in [0.25, 0.3) is 5.91 Å². The maximum atomic E-state index is 12.5. The van der Waals surface area contributed by atoms with Gasteiger partial charge < -0.3 is 15.0 Å². The average molecular weight is 354 g/mol. The van der Waals surface area contributed by atoms with Crippen molar-refractivity contribution in [1.82, 2.24) is 14.9 Å². The molecule has 1 saturated heterocycles. The summed E-state index contributed by atoms with van der Waals surface area (Å²) < 4.78 is 4.71. The molecule has 26 heavy (non-hydrogen) atoms. The number of nitrogens with one attached hydrogen (secondary N) is 1. The van der Waals surface area contributed by atoms with E-state index >= 15 is 0 Å². The molecule has 1 aromatic heterocycles. The number of esters is 1. The van der Waals surface area contributed by atoms with Gasteiger partial charge in [-0.25, -0.2) is 14.8 Å². The molecule has 1 aliphatic heterocycles. The second kappa shape index (κ2) is 7.95. The quantitative estimate of drug-likeness (QED) is 0.850. The SMILES string of the molecule is COC(=O)c1cccc(Nc2cnc(C(=O)N3CCC(C)CC3)cn2)c1. The molecule has 0 unspecified atom stereocenters. The molecule has 7 nitrogen and oxygen atoms in total. The zero-order valence-corrected chi connectivity index (χ0v) is 14.9. The zero-order valence-electron chi connectivity index (χ0n) is 14.9. The molecule has 2 heterocycles. The van der Waals surface area contributed by atoms with Gasteiger partial charge in [0.05, 0.1) is 25.1 Å². The summed E-state index contributed by atoms with van der Waals surface area (Å²) >= 11 is 0. The lowest BCUT2D eigenvalue weighted by molar-refractivity contribution is 0.0600. The van der Waals surface area contributed by atoms with Crippen molar-refractivity contribution in [2.24, 2.45) is 5.92 Å². The van der Waals surface area contributed by atoms with Gasteiger partial charge in [-0.3, -0.25) is 4.79 Å². The second-order valence-electron chi connectivity index (χ2n) is 6.46. The zero-order chi connectivity index (χ0) is 18.5. The third kappa shape index (κ3) is 4.17. The van der Waals surface area contributed by atoms with Gasteiger partial charge in [-0.2, -0.15) is 0 Å². The Hall–Kier alpha value is -2.96. The normalized spacial score (nSPS) is 14.8. The minimum Gasteiger partial charge on any atom is -0.465 e. The van der Waals surface area contributed by atoms with Crippen LogP contribution in [0.2, 0.25) is 0 Å². The molecule has 0 atom stereocenters. The van der Waals surface area contributed by atoms with E-state index in [1.54, 1.807) is 18.2 Å². The Morgan fingerprint density at radius 1 is 1.19 bits per heavy atom. The number of hydrogen-bond donors (Lipinski definition) is 1. The van der Waals surface area contributed by atoms with Gasteiger partial charge in [0.2, 0.25) is 0 Å². The van der Waals surface area contributed by atoms with E-state index in [2.05, 4.69) is 22.2 Å². The number of anilines is 2. The van der Waals surface area contributed by atoms with Gasteiger partial charge >= 0.3 is 5.97 Å². The summed E-state index contributed by atoms with van der Waals surface area (Å²) in [7, 11) is 1.34. The van der Waals surface area contributed by atoms with Crippen LogP contribution in [0.1, 0.15) is 40.6 Å². The van der Waals surface area contributed by atoms with Crippen LogP contribution >= 0.6 is 0 Å². The average Bonchev–Trinajstić information content (AvgIpc) is 2.68. The van der Waals surface area contributed by atoms with E-state index in [-0.39, 0.29) is 5.91 Å². The molecule has 0 radical (unpaired) electrons. The van der Waals surface area contributed by atoms with E-state index in [9.17, 15) is 9.59 Å². The predicted octanol–water partition coefficient (Wildman–Crippen LogP) is 2.88. The highest BCUT2D eigenvalue weighted by Gasteiger charge is 2.22. The van der Waals surface area contributed by atoms with Gasteiger partial charge in [0, 0.05) is 18.8 Å². The number of aromatic nitrogens is 2. The van der Waals surface area contributed by atoms with Crippen LogP contribution in [-0.4, -0.2) is 46.9 Å². The molecule has 3 rings (SSSR count). The molecule has 7 heteroatoms. The Morgan fingerprint density at radius 3 is 2.62 bits per heavy atom. The molecule has 1 fully saturated rings. The van der Waals surface area contributed by atoms with E-state index in [1.165, 1.54) is 19.5 Å². The van der Waals surface area contributed by atoms with Crippen LogP contribution in [0.4, 0.5) is 11.5 Å². The summed E-state index contributed by atoms with van der Waals surface area (Å²) in [4.78, 5) is 34.4. The maximum Gasteiger partial charge on any atom is 0.337 e. The van der Waals surface area contributed by atoms with Crippen molar-refractivity contribution in [2.75, 3.05) is 25.5 Å². The summed E-state index contributed by atoms with van der Waals surface area (Å²) in [6.07, 6.45) is 5.04. The Balaban J connectivity index is 1.66. The molecule has 2 aromatic rings. The van der Waals surface area contributed by atoms with Crippen molar-refractivity contribution < 1.29 is 14.3 Å². The summed E-state index contributed by atoms with van der Waals surface area (Å²) in [5.41, 5.74) is 1.47. The van der Waals surface area contributed by atoms with Gasteiger partial charge in [-0.1, -0.05) is 13.0 Å². The van der Waals surface area contributed by atoms with Crippen molar-refractivity contribution >= 4 is 23.4 Å².